The first-order valence-electron chi connectivity index (χ1n) is 3.58. The zero-order valence-electron chi connectivity index (χ0n) is 7.27. The Morgan fingerprint density at radius 3 is 2.93 bits per heavy atom. The smallest absolute Gasteiger partial charge is 0.375 e. The van der Waals surface area contributed by atoms with E-state index in [9.17, 15) is 9.59 Å². The number of amides is 1. The van der Waals surface area contributed by atoms with Crippen LogP contribution in [0.15, 0.2) is 0 Å². The van der Waals surface area contributed by atoms with Crippen molar-refractivity contribution in [3.05, 3.63) is 5.82 Å². The number of aromatic amines is 1. The minimum absolute atomic E-state index is 0.0160. The number of H-pyrrole nitrogens is 1. The standard InChI is InChI=1S/C6H8N4O3S/c1-13-5(12)4-8-6(10-9-4)7-3(11)2-14/h14H,2H2,1H3,(H2,7,8,9,10,11). The van der Waals surface area contributed by atoms with Gasteiger partial charge in [-0.05, 0) is 0 Å². The first kappa shape index (κ1) is 10.5. The highest BCUT2D eigenvalue weighted by Crippen LogP contribution is 1.99. The van der Waals surface area contributed by atoms with E-state index in [0.29, 0.717) is 0 Å². The second-order valence-electron chi connectivity index (χ2n) is 2.21. The lowest BCUT2D eigenvalue weighted by molar-refractivity contribution is -0.113. The molecule has 0 aromatic carbocycles. The molecule has 1 rings (SSSR count). The van der Waals surface area contributed by atoms with Crippen LogP contribution >= 0.6 is 12.6 Å². The lowest BCUT2D eigenvalue weighted by Gasteiger charge is -1.94. The van der Waals surface area contributed by atoms with Gasteiger partial charge < -0.3 is 4.74 Å². The molecule has 0 bridgehead atoms. The molecule has 1 amide bonds. The number of hydrogen-bond acceptors (Lipinski definition) is 6. The van der Waals surface area contributed by atoms with E-state index in [0.717, 1.165) is 0 Å². The fourth-order valence-corrected chi connectivity index (χ4v) is 0.749. The molecule has 0 aliphatic rings. The fourth-order valence-electron chi connectivity index (χ4n) is 0.670. The van der Waals surface area contributed by atoms with Crippen LogP contribution in [-0.2, 0) is 9.53 Å². The van der Waals surface area contributed by atoms with Crippen LogP contribution in [0.1, 0.15) is 10.6 Å². The number of hydrogen-bond donors (Lipinski definition) is 3. The van der Waals surface area contributed by atoms with Crippen molar-refractivity contribution in [3.8, 4) is 0 Å². The Bertz CT molecular complexity index is 351. The molecule has 76 valence electrons. The molecule has 0 spiro atoms. The maximum atomic E-state index is 10.9. The summed E-state index contributed by atoms with van der Waals surface area (Å²) in [6.45, 7) is 0. The van der Waals surface area contributed by atoms with Crippen LogP contribution in [0.25, 0.3) is 0 Å². The molecule has 0 aliphatic heterocycles. The molecule has 0 saturated heterocycles. The average molecular weight is 216 g/mol. The van der Waals surface area contributed by atoms with Gasteiger partial charge in [0.25, 0.3) is 0 Å². The van der Waals surface area contributed by atoms with Crippen LogP contribution in [0.5, 0.6) is 0 Å². The van der Waals surface area contributed by atoms with Gasteiger partial charge in [0, 0.05) is 0 Å². The molecule has 0 aliphatic carbocycles. The fraction of sp³-hybridized carbons (Fsp3) is 0.333. The SMILES string of the molecule is COC(=O)c1nc(NC(=O)CS)n[nH]1. The molecule has 8 heteroatoms. The number of ether oxygens (including phenoxy) is 1. The quantitative estimate of drug-likeness (QED) is 0.465. The third-order valence-electron chi connectivity index (χ3n) is 1.26. The molecule has 1 aromatic rings. The maximum Gasteiger partial charge on any atom is 0.375 e. The average Bonchev–Trinajstić information content (AvgIpc) is 2.65. The predicted molar refractivity (Wildman–Crippen MR) is 50.2 cm³/mol. The summed E-state index contributed by atoms with van der Waals surface area (Å²) in [5.41, 5.74) is 0. The molecule has 0 radical (unpaired) electrons. The van der Waals surface area contributed by atoms with E-state index in [-0.39, 0.29) is 23.4 Å². The van der Waals surface area contributed by atoms with Gasteiger partial charge >= 0.3 is 5.97 Å². The van der Waals surface area contributed by atoms with Crippen molar-refractivity contribution in [2.75, 3.05) is 18.2 Å². The van der Waals surface area contributed by atoms with E-state index in [1.54, 1.807) is 0 Å². The van der Waals surface area contributed by atoms with Gasteiger partial charge in [-0.3, -0.25) is 15.2 Å². The summed E-state index contributed by atoms with van der Waals surface area (Å²) in [5.74, 6) is -1.04. The number of rotatable bonds is 3. The van der Waals surface area contributed by atoms with E-state index in [1.165, 1.54) is 7.11 Å². The topological polar surface area (TPSA) is 97.0 Å². The van der Waals surface area contributed by atoms with Gasteiger partial charge in [0.2, 0.25) is 17.7 Å². The minimum Gasteiger partial charge on any atom is -0.463 e. The zero-order valence-corrected chi connectivity index (χ0v) is 8.17. The maximum absolute atomic E-state index is 10.9. The van der Waals surface area contributed by atoms with Crippen LogP contribution in [0.2, 0.25) is 0 Å². The number of esters is 1. The van der Waals surface area contributed by atoms with E-state index in [1.807, 2.05) is 0 Å². The van der Waals surface area contributed by atoms with Crippen LogP contribution in [-0.4, -0.2) is 39.9 Å². The van der Waals surface area contributed by atoms with Gasteiger partial charge in [-0.15, -0.1) is 5.10 Å². The van der Waals surface area contributed by atoms with Crippen molar-refractivity contribution in [3.63, 3.8) is 0 Å². The summed E-state index contributed by atoms with van der Waals surface area (Å²) in [5, 5.41) is 8.20. The van der Waals surface area contributed by atoms with Crippen molar-refractivity contribution in [2.24, 2.45) is 0 Å². The normalized spacial score (nSPS) is 9.57. The number of nitrogens with zero attached hydrogens (tertiary/aromatic N) is 2. The molecule has 0 unspecified atom stereocenters. The number of thiol groups is 1. The van der Waals surface area contributed by atoms with Crippen molar-refractivity contribution in [1.82, 2.24) is 15.2 Å². The number of aromatic nitrogens is 3. The summed E-state index contributed by atoms with van der Waals surface area (Å²) >= 11 is 3.74. The highest BCUT2D eigenvalue weighted by molar-refractivity contribution is 7.81. The molecular weight excluding hydrogens is 208 g/mol. The first-order valence-corrected chi connectivity index (χ1v) is 4.22. The lowest BCUT2D eigenvalue weighted by Crippen LogP contribution is -2.13. The predicted octanol–water partition coefficient (Wildman–Crippen LogP) is -0.540. The third-order valence-corrected chi connectivity index (χ3v) is 1.55. The molecule has 1 aromatic heterocycles. The summed E-state index contributed by atoms with van der Waals surface area (Å²) in [7, 11) is 1.22. The van der Waals surface area contributed by atoms with E-state index < -0.39 is 5.97 Å². The Morgan fingerprint density at radius 2 is 2.36 bits per heavy atom. The number of anilines is 1. The molecular formula is C6H8N4O3S. The Labute approximate surface area is 84.6 Å². The van der Waals surface area contributed by atoms with Gasteiger partial charge in [0.05, 0.1) is 12.9 Å². The molecule has 0 fully saturated rings. The largest absolute Gasteiger partial charge is 0.463 e. The molecule has 0 saturated carbocycles. The Hall–Kier alpha value is -1.57. The number of methoxy groups -OCH3 is 1. The van der Waals surface area contributed by atoms with Crippen molar-refractivity contribution in [1.29, 1.82) is 0 Å². The number of carbonyl (C=O) groups is 2. The molecule has 7 nitrogen and oxygen atoms in total. The summed E-state index contributed by atoms with van der Waals surface area (Å²) < 4.78 is 4.38. The third kappa shape index (κ3) is 2.46. The Morgan fingerprint density at radius 1 is 1.64 bits per heavy atom. The highest BCUT2D eigenvalue weighted by atomic mass is 32.1. The van der Waals surface area contributed by atoms with Gasteiger partial charge in [-0.25, -0.2) is 4.79 Å². The van der Waals surface area contributed by atoms with Crippen LogP contribution < -0.4 is 5.32 Å². The van der Waals surface area contributed by atoms with Crippen LogP contribution in [0.3, 0.4) is 0 Å². The summed E-state index contributed by atoms with van der Waals surface area (Å²) in [4.78, 5) is 25.4. The minimum atomic E-state index is -0.649. The monoisotopic (exact) mass is 216 g/mol. The van der Waals surface area contributed by atoms with Gasteiger partial charge in [0.1, 0.15) is 0 Å². The Kier molecular flexibility index (Phi) is 3.46. The van der Waals surface area contributed by atoms with Gasteiger partial charge in [-0.1, -0.05) is 0 Å². The second-order valence-corrected chi connectivity index (χ2v) is 2.52. The molecule has 1 heterocycles. The molecule has 0 atom stereocenters. The summed E-state index contributed by atoms with van der Waals surface area (Å²) in [6, 6.07) is 0. The van der Waals surface area contributed by atoms with Crippen molar-refractivity contribution < 1.29 is 14.3 Å². The van der Waals surface area contributed by atoms with Gasteiger partial charge in [0.15, 0.2) is 0 Å². The molecule has 2 N–H and O–H groups in total. The van der Waals surface area contributed by atoms with E-state index >= 15 is 0 Å². The van der Waals surface area contributed by atoms with Gasteiger partial charge in [-0.2, -0.15) is 17.6 Å². The highest BCUT2D eigenvalue weighted by Gasteiger charge is 2.12. The van der Waals surface area contributed by atoms with E-state index in [2.05, 4.69) is 37.9 Å². The van der Waals surface area contributed by atoms with Crippen LogP contribution in [0.4, 0.5) is 5.95 Å². The Balaban J connectivity index is 2.68. The number of nitrogens with one attached hydrogen (secondary N) is 2. The van der Waals surface area contributed by atoms with Crippen molar-refractivity contribution >= 4 is 30.5 Å². The first-order chi connectivity index (χ1) is 6.67. The number of carbonyl (C=O) groups excluding carboxylic acids is 2. The van der Waals surface area contributed by atoms with E-state index in [4.69, 9.17) is 0 Å². The molecule has 14 heavy (non-hydrogen) atoms. The second kappa shape index (κ2) is 4.61. The lowest BCUT2D eigenvalue weighted by atomic mass is 10.6. The summed E-state index contributed by atoms with van der Waals surface area (Å²) in [6.07, 6.45) is 0. The zero-order chi connectivity index (χ0) is 10.6. The van der Waals surface area contributed by atoms with Crippen molar-refractivity contribution in [2.45, 2.75) is 0 Å². The van der Waals surface area contributed by atoms with Crippen LogP contribution in [0, 0.1) is 0 Å².